The summed E-state index contributed by atoms with van der Waals surface area (Å²) >= 11 is 1.43. The van der Waals surface area contributed by atoms with Crippen LogP contribution in [0.2, 0.25) is 0 Å². The van der Waals surface area contributed by atoms with Crippen molar-refractivity contribution < 1.29 is 9.18 Å². The van der Waals surface area contributed by atoms with Crippen molar-refractivity contribution >= 4 is 23.4 Å². The van der Waals surface area contributed by atoms with Gasteiger partial charge in [-0.1, -0.05) is 30.3 Å². The molecule has 1 N–H and O–H groups in total. The highest BCUT2D eigenvalue weighted by atomic mass is 32.2. The number of anilines is 1. The number of nitrogens with one attached hydrogen (secondary N) is 1. The molecule has 170 valence electrons. The van der Waals surface area contributed by atoms with Crippen molar-refractivity contribution in [1.29, 1.82) is 5.26 Å². The lowest BCUT2D eigenvalue weighted by molar-refractivity contribution is -0.115. The molecule has 1 saturated heterocycles. The first kappa shape index (κ1) is 23.0. The van der Waals surface area contributed by atoms with Crippen LogP contribution in [0.1, 0.15) is 37.1 Å². The summed E-state index contributed by atoms with van der Waals surface area (Å²) in [6.45, 7) is 2.74. The van der Waals surface area contributed by atoms with Gasteiger partial charge in [-0.05, 0) is 62.3 Å². The Bertz CT molecular complexity index is 1130. The summed E-state index contributed by atoms with van der Waals surface area (Å²) in [6.07, 6.45) is 3.86. The zero-order valence-corrected chi connectivity index (χ0v) is 19.0. The number of rotatable bonds is 8. The van der Waals surface area contributed by atoms with E-state index in [0.717, 1.165) is 24.6 Å². The second kappa shape index (κ2) is 11.1. The Balaban J connectivity index is 1.44. The number of carbonyl (C=O) groups excluding carboxylic acids is 1. The number of halogens is 1. The molecule has 2 heterocycles. The predicted octanol–water partition coefficient (Wildman–Crippen LogP) is 4.38. The van der Waals surface area contributed by atoms with Crippen LogP contribution >= 0.6 is 11.8 Å². The number of likely N-dealkylation sites (tertiary alicyclic amines) is 1. The van der Waals surface area contributed by atoms with Crippen LogP contribution in [0.5, 0.6) is 0 Å². The van der Waals surface area contributed by atoms with E-state index in [-0.39, 0.29) is 18.1 Å². The van der Waals surface area contributed by atoms with Crippen molar-refractivity contribution in [3.8, 4) is 11.8 Å². The third kappa shape index (κ3) is 5.97. The zero-order chi connectivity index (χ0) is 23.0. The van der Waals surface area contributed by atoms with Crippen molar-refractivity contribution in [2.45, 2.75) is 37.4 Å². The van der Waals surface area contributed by atoms with E-state index in [9.17, 15) is 14.4 Å². The lowest BCUT2D eigenvalue weighted by atomic mass is 10.1. The van der Waals surface area contributed by atoms with Gasteiger partial charge < -0.3 is 5.32 Å². The minimum absolute atomic E-state index is 0.174. The van der Waals surface area contributed by atoms with E-state index in [1.807, 2.05) is 4.57 Å². The SMILES string of the molecule is N#Cc1ccccc1NC(=O)CCSc1nnc(CN2CCCCC2)n1-c1ccc(F)cc1. The number of nitriles is 1. The first-order valence-electron chi connectivity index (χ1n) is 11.0. The van der Waals surface area contributed by atoms with Crippen molar-refractivity contribution in [3.05, 3.63) is 65.7 Å². The molecule has 33 heavy (non-hydrogen) atoms. The molecule has 9 heteroatoms. The van der Waals surface area contributed by atoms with Gasteiger partial charge in [-0.3, -0.25) is 14.3 Å². The van der Waals surface area contributed by atoms with Crippen LogP contribution in [0.4, 0.5) is 10.1 Å². The number of para-hydroxylation sites is 1. The number of benzene rings is 2. The fraction of sp³-hybridized carbons (Fsp3) is 0.333. The van der Waals surface area contributed by atoms with Gasteiger partial charge in [0, 0.05) is 17.9 Å². The van der Waals surface area contributed by atoms with Gasteiger partial charge in [0.15, 0.2) is 11.0 Å². The molecule has 1 aromatic heterocycles. The van der Waals surface area contributed by atoms with E-state index in [1.165, 1.54) is 43.2 Å². The highest BCUT2D eigenvalue weighted by Crippen LogP contribution is 2.25. The number of carbonyl (C=O) groups is 1. The quantitative estimate of drug-likeness (QED) is 0.498. The third-order valence-electron chi connectivity index (χ3n) is 5.48. The highest BCUT2D eigenvalue weighted by Gasteiger charge is 2.19. The summed E-state index contributed by atoms with van der Waals surface area (Å²) in [6, 6.07) is 15.3. The average molecular weight is 465 g/mol. The lowest BCUT2D eigenvalue weighted by Gasteiger charge is -2.26. The molecule has 0 spiro atoms. The minimum Gasteiger partial charge on any atom is -0.325 e. The van der Waals surface area contributed by atoms with Crippen molar-refractivity contribution in [3.63, 3.8) is 0 Å². The number of piperidine rings is 1. The molecule has 0 saturated carbocycles. The van der Waals surface area contributed by atoms with Crippen LogP contribution in [-0.2, 0) is 11.3 Å². The normalized spacial score (nSPS) is 14.1. The molecule has 0 radical (unpaired) electrons. The monoisotopic (exact) mass is 464 g/mol. The first-order chi connectivity index (χ1) is 16.1. The molecule has 1 amide bonds. The molecule has 0 unspecified atom stereocenters. The number of amides is 1. The molecule has 1 fully saturated rings. The summed E-state index contributed by atoms with van der Waals surface area (Å²) in [5.41, 5.74) is 1.73. The number of aromatic nitrogens is 3. The predicted molar refractivity (Wildman–Crippen MR) is 126 cm³/mol. The summed E-state index contributed by atoms with van der Waals surface area (Å²) in [4.78, 5) is 14.8. The molecular weight excluding hydrogens is 439 g/mol. The fourth-order valence-corrected chi connectivity index (χ4v) is 4.71. The Morgan fingerprint density at radius 3 is 2.61 bits per heavy atom. The summed E-state index contributed by atoms with van der Waals surface area (Å²) < 4.78 is 15.5. The summed E-state index contributed by atoms with van der Waals surface area (Å²) in [5.74, 6) is 0.821. The molecule has 4 rings (SSSR count). The first-order valence-corrected chi connectivity index (χ1v) is 12.0. The number of nitrogens with zero attached hydrogens (tertiary/aromatic N) is 5. The highest BCUT2D eigenvalue weighted by molar-refractivity contribution is 7.99. The van der Waals surface area contributed by atoms with Gasteiger partial charge in [-0.2, -0.15) is 5.26 Å². The molecule has 1 aliphatic rings. The molecule has 3 aromatic rings. The van der Waals surface area contributed by atoms with Gasteiger partial charge in [0.2, 0.25) is 5.91 Å². The van der Waals surface area contributed by atoms with E-state index in [1.54, 1.807) is 36.4 Å². The minimum atomic E-state index is -0.298. The van der Waals surface area contributed by atoms with E-state index in [2.05, 4.69) is 26.5 Å². The smallest absolute Gasteiger partial charge is 0.225 e. The van der Waals surface area contributed by atoms with Gasteiger partial charge in [0.25, 0.3) is 0 Å². The van der Waals surface area contributed by atoms with Crippen molar-refractivity contribution in [2.75, 3.05) is 24.2 Å². The fourth-order valence-electron chi connectivity index (χ4n) is 3.80. The Morgan fingerprint density at radius 2 is 1.85 bits per heavy atom. The molecule has 0 bridgehead atoms. The Labute approximate surface area is 196 Å². The largest absolute Gasteiger partial charge is 0.325 e. The Morgan fingerprint density at radius 1 is 1.09 bits per heavy atom. The second-order valence-electron chi connectivity index (χ2n) is 7.85. The van der Waals surface area contributed by atoms with Gasteiger partial charge in [-0.25, -0.2) is 4.39 Å². The van der Waals surface area contributed by atoms with Crippen LogP contribution in [0.15, 0.2) is 53.7 Å². The van der Waals surface area contributed by atoms with Crippen LogP contribution in [0.3, 0.4) is 0 Å². The van der Waals surface area contributed by atoms with Crippen LogP contribution in [0, 0.1) is 17.1 Å². The molecular formula is C24H25FN6OS. The number of thioether (sulfide) groups is 1. The molecule has 7 nitrogen and oxygen atoms in total. The standard InChI is InChI=1S/C24H25FN6OS/c25-19-8-10-20(11-9-19)31-22(17-30-13-4-1-5-14-30)28-29-24(31)33-15-12-23(32)27-21-7-3-2-6-18(21)16-26/h2-3,6-11H,1,4-5,12-15,17H2,(H,27,32). The zero-order valence-electron chi connectivity index (χ0n) is 18.2. The van der Waals surface area contributed by atoms with Crippen molar-refractivity contribution in [1.82, 2.24) is 19.7 Å². The van der Waals surface area contributed by atoms with Crippen LogP contribution < -0.4 is 5.32 Å². The van der Waals surface area contributed by atoms with Gasteiger partial charge in [0.1, 0.15) is 11.9 Å². The summed E-state index contributed by atoms with van der Waals surface area (Å²) in [5, 5.41) is 21.4. The average Bonchev–Trinajstić information content (AvgIpc) is 3.22. The topological polar surface area (TPSA) is 86.8 Å². The van der Waals surface area contributed by atoms with E-state index in [0.29, 0.717) is 28.7 Å². The molecule has 2 aromatic carbocycles. The second-order valence-corrected chi connectivity index (χ2v) is 8.91. The maximum absolute atomic E-state index is 13.5. The third-order valence-corrected chi connectivity index (χ3v) is 6.41. The van der Waals surface area contributed by atoms with E-state index in [4.69, 9.17) is 0 Å². The lowest BCUT2D eigenvalue weighted by Crippen LogP contribution is -2.30. The number of hydrogen-bond donors (Lipinski definition) is 1. The Hall–Kier alpha value is -3.22. The number of hydrogen-bond acceptors (Lipinski definition) is 6. The molecule has 0 aliphatic carbocycles. The van der Waals surface area contributed by atoms with Crippen LogP contribution in [-0.4, -0.2) is 44.4 Å². The van der Waals surface area contributed by atoms with Crippen molar-refractivity contribution in [2.24, 2.45) is 0 Å². The Kier molecular flexibility index (Phi) is 7.70. The maximum atomic E-state index is 13.5. The van der Waals surface area contributed by atoms with Crippen LogP contribution in [0.25, 0.3) is 5.69 Å². The van der Waals surface area contributed by atoms with E-state index >= 15 is 0 Å². The molecule has 0 atom stereocenters. The van der Waals surface area contributed by atoms with Gasteiger partial charge in [-0.15, -0.1) is 10.2 Å². The molecule has 1 aliphatic heterocycles. The summed E-state index contributed by atoms with van der Waals surface area (Å²) in [7, 11) is 0. The van der Waals surface area contributed by atoms with Gasteiger partial charge in [0.05, 0.1) is 17.8 Å². The maximum Gasteiger partial charge on any atom is 0.225 e. The van der Waals surface area contributed by atoms with Gasteiger partial charge >= 0.3 is 0 Å². The van der Waals surface area contributed by atoms with E-state index < -0.39 is 0 Å².